The van der Waals surface area contributed by atoms with Crippen LogP contribution in [-0.4, -0.2) is 36.1 Å². The van der Waals surface area contributed by atoms with Crippen LogP contribution in [0.1, 0.15) is 66.0 Å². The third kappa shape index (κ3) is 6.33. The van der Waals surface area contributed by atoms with Gasteiger partial charge < -0.3 is 28.8 Å². The first-order valence-corrected chi connectivity index (χ1v) is 13.0. The van der Waals surface area contributed by atoms with Gasteiger partial charge in [0.1, 0.15) is 33.7 Å². The highest BCUT2D eigenvalue weighted by molar-refractivity contribution is 5.97. The fourth-order valence-electron chi connectivity index (χ4n) is 4.35. The molecule has 7 heteroatoms. The summed E-state index contributed by atoms with van der Waals surface area (Å²) in [5, 5.41) is 22.5. The second-order valence-electron chi connectivity index (χ2n) is 10.6. The Morgan fingerprint density at radius 1 is 0.974 bits per heavy atom. The molecule has 0 radical (unpaired) electrons. The van der Waals surface area contributed by atoms with E-state index in [4.69, 9.17) is 18.6 Å². The first-order chi connectivity index (χ1) is 17.9. The van der Waals surface area contributed by atoms with Crippen LogP contribution in [0.3, 0.4) is 0 Å². The van der Waals surface area contributed by atoms with Gasteiger partial charge in [-0.25, -0.2) is 0 Å². The number of phenolic OH excluding ortho intramolecular Hbond substituents is 2. The van der Waals surface area contributed by atoms with Gasteiger partial charge in [-0.1, -0.05) is 23.3 Å². The third-order valence-electron chi connectivity index (χ3n) is 6.40. The van der Waals surface area contributed by atoms with E-state index in [1.807, 2.05) is 60.6 Å². The van der Waals surface area contributed by atoms with Crippen molar-refractivity contribution in [3.8, 4) is 23.0 Å². The molecule has 7 nitrogen and oxygen atoms in total. The number of hydrogen-bond donors (Lipinski definition) is 2. The molecule has 0 spiro atoms. The van der Waals surface area contributed by atoms with Crippen molar-refractivity contribution in [1.29, 1.82) is 0 Å². The monoisotopic (exact) mass is 524 g/mol. The van der Waals surface area contributed by atoms with Gasteiger partial charge in [0.2, 0.25) is 5.43 Å². The standard InChI is InChI=1S/C31H40O7/c1-9-36-15-14-31(6,7)38-23-17-25-27(28(33)20(23)12-10-18(2)3)29(34)26-21(13-11-19(4)5)30(35-8)22(32)16-24(26)37-25/h10-11,16-17,32-33H,9,12-15H2,1-8H3. The average Bonchev–Trinajstić information content (AvgIpc) is 2.81. The number of phenols is 2. The Balaban J connectivity index is 2.35. The Labute approximate surface area is 224 Å². The Bertz CT molecular complexity index is 1430. The number of aromatic hydroxyl groups is 2. The minimum Gasteiger partial charge on any atom is -0.507 e. The van der Waals surface area contributed by atoms with Crippen LogP contribution in [0.25, 0.3) is 21.9 Å². The van der Waals surface area contributed by atoms with Crippen molar-refractivity contribution in [2.45, 2.75) is 73.3 Å². The molecule has 0 aliphatic carbocycles. The summed E-state index contributed by atoms with van der Waals surface area (Å²) in [7, 11) is 1.45. The van der Waals surface area contributed by atoms with Crippen LogP contribution in [0.2, 0.25) is 0 Å². The Morgan fingerprint density at radius 2 is 1.58 bits per heavy atom. The number of hydrogen-bond acceptors (Lipinski definition) is 7. The molecule has 3 rings (SSSR count). The molecule has 0 bridgehead atoms. The molecule has 2 aromatic carbocycles. The van der Waals surface area contributed by atoms with E-state index < -0.39 is 11.0 Å². The van der Waals surface area contributed by atoms with E-state index in [2.05, 4.69) is 0 Å². The predicted molar refractivity (Wildman–Crippen MR) is 152 cm³/mol. The van der Waals surface area contributed by atoms with Gasteiger partial charge >= 0.3 is 0 Å². The molecule has 0 atom stereocenters. The second-order valence-corrected chi connectivity index (χ2v) is 10.6. The highest BCUT2D eigenvalue weighted by Crippen LogP contribution is 2.42. The van der Waals surface area contributed by atoms with E-state index in [0.29, 0.717) is 49.4 Å². The molecule has 206 valence electrons. The lowest BCUT2D eigenvalue weighted by atomic mass is 9.98. The van der Waals surface area contributed by atoms with E-state index in [1.165, 1.54) is 13.2 Å². The fraction of sp³-hybridized carbons (Fsp3) is 0.452. The van der Waals surface area contributed by atoms with Gasteiger partial charge in [-0.2, -0.15) is 0 Å². The summed E-state index contributed by atoms with van der Waals surface area (Å²) in [4.78, 5) is 14.0. The molecule has 1 aromatic heterocycles. The highest BCUT2D eigenvalue weighted by atomic mass is 16.5. The summed E-state index contributed by atoms with van der Waals surface area (Å²) in [5.74, 6) is 0.338. The van der Waals surface area contributed by atoms with E-state index in [1.54, 1.807) is 6.07 Å². The summed E-state index contributed by atoms with van der Waals surface area (Å²) in [6.07, 6.45) is 5.28. The number of benzene rings is 2. The van der Waals surface area contributed by atoms with Crippen LogP contribution < -0.4 is 14.9 Å². The molecule has 1 heterocycles. The van der Waals surface area contributed by atoms with E-state index in [0.717, 1.165) is 11.1 Å². The van der Waals surface area contributed by atoms with Crippen LogP contribution in [0, 0.1) is 0 Å². The zero-order chi connectivity index (χ0) is 28.2. The third-order valence-corrected chi connectivity index (χ3v) is 6.40. The maximum Gasteiger partial charge on any atom is 0.204 e. The topological polar surface area (TPSA) is 98.4 Å². The second kappa shape index (κ2) is 11.9. The predicted octanol–water partition coefficient (Wildman–Crippen LogP) is 6.97. The van der Waals surface area contributed by atoms with Crippen LogP contribution >= 0.6 is 0 Å². The number of fused-ring (bicyclic) bond motifs is 2. The van der Waals surface area contributed by atoms with Crippen LogP contribution in [0.15, 0.2) is 44.6 Å². The van der Waals surface area contributed by atoms with Crippen molar-refractivity contribution in [3.63, 3.8) is 0 Å². The van der Waals surface area contributed by atoms with Gasteiger partial charge in [0.15, 0.2) is 11.5 Å². The van der Waals surface area contributed by atoms with Crippen LogP contribution in [-0.2, 0) is 17.6 Å². The highest BCUT2D eigenvalue weighted by Gasteiger charge is 2.27. The molecule has 0 aliphatic rings. The van der Waals surface area contributed by atoms with Crippen molar-refractivity contribution in [3.05, 3.63) is 56.8 Å². The molecule has 38 heavy (non-hydrogen) atoms. The lowest BCUT2D eigenvalue weighted by molar-refractivity contribution is 0.0498. The first-order valence-electron chi connectivity index (χ1n) is 13.0. The number of allylic oxidation sites excluding steroid dienone is 4. The van der Waals surface area contributed by atoms with Crippen LogP contribution in [0.4, 0.5) is 0 Å². The molecule has 2 N–H and O–H groups in total. The number of methoxy groups -OCH3 is 1. The molecular formula is C31H40O7. The van der Waals surface area contributed by atoms with E-state index in [9.17, 15) is 15.0 Å². The average molecular weight is 525 g/mol. The smallest absolute Gasteiger partial charge is 0.204 e. The maximum atomic E-state index is 14.0. The summed E-state index contributed by atoms with van der Waals surface area (Å²) >= 11 is 0. The number of ether oxygens (including phenoxy) is 3. The maximum absolute atomic E-state index is 14.0. The zero-order valence-electron chi connectivity index (χ0n) is 23.8. The Hall–Kier alpha value is -3.45. The van der Waals surface area contributed by atoms with E-state index in [-0.39, 0.29) is 39.2 Å². The lowest BCUT2D eigenvalue weighted by Gasteiger charge is -2.28. The molecule has 0 unspecified atom stereocenters. The SMILES string of the molecule is CCOCCC(C)(C)Oc1cc2oc3cc(O)c(OC)c(CC=C(C)C)c3c(=O)c2c(O)c1CC=C(C)C. The van der Waals surface area contributed by atoms with Gasteiger partial charge in [0.05, 0.1) is 19.1 Å². The molecule has 0 saturated carbocycles. The van der Waals surface area contributed by atoms with Crippen molar-refractivity contribution < 1.29 is 28.8 Å². The molecule has 0 amide bonds. The normalized spacial score (nSPS) is 11.6. The largest absolute Gasteiger partial charge is 0.507 e. The van der Waals surface area contributed by atoms with Gasteiger partial charge in [-0.15, -0.1) is 0 Å². The van der Waals surface area contributed by atoms with Crippen molar-refractivity contribution in [2.24, 2.45) is 0 Å². The quantitative estimate of drug-likeness (QED) is 0.159. The van der Waals surface area contributed by atoms with Gasteiger partial charge in [0.25, 0.3) is 0 Å². The van der Waals surface area contributed by atoms with Crippen molar-refractivity contribution in [2.75, 3.05) is 20.3 Å². The Kier molecular flexibility index (Phi) is 9.15. The van der Waals surface area contributed by atoms with Gasteiger partial charge in [0, 0.05) is 36.3 Å². The lowest BCUT2D eigenvalue weighted by Crippen LogP contribution is -2.30. The van der Waals surface area contributed by atoms with Gasteiger partial charge in [-0.3, -0.25) is 4.79 Å². The minimum atomic E-state index is -0.602. The summed E-state index contributed by atoms with van der Waals surface area (Å²) in [5.41, 5.74) is 2.51. The van der Waals surface area contributed by atoms with Crippen molar-refractivity contribution in [1.82, 2.24) is 0 Å². The van der Waals surface area contributed by atoms with E-state index >= 15 is 0 Å². The zero-order valence-corrected chi connectivity index (χ0v) is 23.8. The molecule has 0 saturated heterocycles. The molecule has 3 aromatic rings. The number of rotatable bonds is 11. The fourth-order valence-corrected chi connectivity index (χ4v) is 4.35. The molecule has 0 fully saturated rings. The summed E-state index contributed by atoms with van der Waals surface area (Å²) in [6.45, 7) is 14.8. The van der Waals surface area contributed by atoms with Crippen LogP contribution in [0.5, 0.6) is 23.0 Å². The summed E-state index contributed by atoms with van der Waals surface area (Å²) in [6, 6.07) is 3.03. The minimum absolute atomic E-state index is 0.0697. The first kappa shape index (κ1) is 29.1. The molecule has 0 aliphatic heterocycles. The Morgan fingerprint density at radius 3 is 2.16 bits per heavy atom. The summed E-state index contributed by atoms with van der Waals surface area (Å²) < 4.78 is 23.5. The van der Waals surface area contributed by atoms with Gasteiger partial charge in [-0.05, 0) is 61.3 Å². The van der Waals surface area contributed by atoms with Crippen molar-refractivity contribution >= 4 is 21.9 Å². The molecular weight excluding hydrogens is 484 g/mol.